The number of halogens is 1. The molecule has 1 fully saturated rings. The number of Topliss-reactive ketones (excluding diaryl/α,β-unsaturated/α-hetero) is 1. The summed E-state index contributed by atoms with van der Waals surface area (Å²) < 4.78 is 0. The van der Waals surface area contributed by atoms with E-state index in [1.54, 1.807) is 62.4 Å². The highest BCUT2D eigenvalue weighted by atomic mass is 35.5. The van der Waals surface area contributed by atoms with Crippen LogP contribution in [0.25, 0.3) is 0 Å². The van der Waals surface area contributed by atoms with Crippen LogP contribution in [0.1, 0.15) is 42.6 Å². The SMILES string of the molecule is CCC(=O)Nc1ccc(C(=O)CN2C(=O)NC(CC)(c3ccc(Cl)cc3)C2=O)cc1. The fourth-order valence-electron chi connectivity index (χ4n) is 3.37. The predicted octanol–water partition coefficient (Wildman–Crippen LogP) is 3.73. The van der Waals surface area contributed by atoms with Crippen LogP contribution in [0.3, 0.4) is 0 Å². The Kier molecular flexibility index (Phi) is 6.22. The van der Waals surface area contributed by atoms with Crippen molar-refractivity contribution in [3.63, 3.8) is 0 Å². The molecule has 1 aliphatic rings. The van der Waals surface area contributed by atoms with Crippen LogP contribution in [-0.2, 0) is 15.1 Å². The van der Waals surface area contributed by atoms with Crippen molar-refractivity contribution in [2.45, 2.75) is 32.2 Å². The molecule has 0 spiro atoms. The third-order valence-corrected chi connectivity index (χ3v) is 5.41. The van der Waals surface area contributed by atoms with Crippen LogP contribution in [0.15, 0.2) is 48.5 Å². The lowest BCUT2D eigenvalue weighted by molar-refractivity contribution is -0.131. The predicted molar refractivity (Wildman–Crippen MR) is 113 cm³/mol. The molecule has 30 heavy (non-hydrogen) atoms. The van der Waals surface area contributed by atoms with E-state index in [2.05, 4.69) is 10.6 Å². The summed E-state index contributed by atoms with van der Waals surface area (Å²) in [7, 11) is 0. The van der Waals surface area contributed by atoms with E-state index < -0.39 is 17.5 Å². The second-order valence-electron chi connectivity index (χ2n) is 6.99. The molecular weight excluding hydrogens is 406 g/mol. The van der Waals surface area contributed by atoms with Gasteiger partial charge in [-0.15, -0.1) is 0 Å². The molecule has 0 aliphatic carbocycles. The zero-order valence-corrected chi connectivity index (χ0v) is 17.5. The van der Waals surface area contributed by atoms with Crippen molar-refractivity contribution in [1.82, 2.24) is 10.2 Å². The van der Waals surface area contributed by atoms with Gasteiger partial charge in [0.1, 0.15) is 5.54 Å². The molecule has 2 aromatic carbocycles. The molecular formula is C22H22ClN3O4. The topological polar surface area (TPSA) is 95.6 Å². The van der Waals surface area contributed by atoms with Crippen LogP contribution < -0.4 is 10.6 Å². The number of carbonyl (C=O) groups excluding carboxylic acids is 4. The van der Waals surface area contributed by atoms with Gasteiger partial charge in [-0.2, -0.15) is 0 Å². The fourth-order valence-corrected chi connectivity index (χ4v) is 3.49. The van der Waals surface area contributed by atoms with Crippen LogP contribution in [0.4, 0.5) is 10.5 Å². The molecule has 1 aliphatic heterocycles. The van der Waals surface area contributed by atoms with E-state index in [-0.39, 0.29) is 18.2 Å². The molecule has 2 aromatic rings. The summed E-state index contributed by atoms with van der Waals surface area (Å²) in [6.45, 7) is 3.16. The van der Waals surface area contributed by atoms with Crippen LogP contribution >= 0.6 is 11.6 Å². The zero-order chi connectivity index (χ0) is 21.9. The average Bonchev–Trinajstić information content (AvgIpc) is 2.99. The lowest BCUT2D eigenvalue weighted by Gasteiger charge is -2.25. The van der Waals surface area contributed by atoms with Gasteiger partial charge in [0, 0.05) is 22.7 Å². The molecule has 2 N–H and O–H groups in total. The molecule has 1 heterocycles. The monoisotopic (exact) mass is 427 g/mol. The van der Waals surface area contributed by atoms with E-state index in [1.807, 2.05) is 0 Å². The van der Waals surface area contributed by atoms with Crippen molar-refractivity contribution in [2.24, 2.45) is 0 Å². The second-order valence-corrected chi connectivity index (χ2v) is 7.43. The molecule has 0 radical (unpaired) electrons. The van der Waals surface area contributed by atoms with Crippen molar-refractivity contribution in [3.8, 4) is 0 Å². The molecule has 3 rings (SSSR count). The van der Waals surface area contributed by atoms with E-state index >= 15 is 0 Å². The standard InChI is InChI=1S/C22H22ClN3O4/c1-3-19(28)24-17-11-5-14(6-12-17)18(27)13-26-20(29)22(4-2,25-21(26)30)15-7-9-16(23)10-8-15/h5-12H,3-4,13H2,1-2H3,(H,24,28)(H,25,30). The first-order chi connectivity index (χ1) is 14.3. The Labute approximate surface area is 179 Å². The maximum atomic E-state index is 13.1. The van der Waals surface area contributed by atoms with E-state index in [9.17, 15) is 19.2 Å². The largest absolute Gasteiger partial charge is 0.326 e. The van der Waals surface area contributed by atoms with Crippen LogP contribution in [0, 0.1) is 0 Å². The van der Waals surface area contributed by atoms with Gasteiger partial charge in [-0.3, -0.25) is 19.3 Å². The first-order valence-electron chi connectivity index (χ1n) is 9.64. The molecule has 0 bridgehead atoms. The first kappa shape index (κ1) is 21.5. The van der Waals surface area contributed by atoms with Crippen LogP contribution in [0.5, 0.6) is 0 Å². The summed E-state index contributed by atoms with van der Waals surface area (Å²) in [6.07, 6.45) is 0.676. The zero-order valence-electron chi connectivity index (χ0n) is 16.7. The van der Waals surface area contributed by atoms with Gasteiger partial charge >= 0.3 is 6.03 Å². The van der Waals surface area contributed by atoms with Gasteiger partial charge in [0.15, 0.2) is 5.78 Å². The highest BCUT2D eigenvalue weighted by Crippen LogP contribution is 2.33. The van der Waals surface area contributed by atoms with Crippen LogP contribution in [0.2, 0.25) is 5.02 Å². The highest BCUT2D eigenvalue weighted by Gasteiger charge is 2.51. The Hall–Kier alpha value is -3.19. The minimum atomic E-state index is -1.23. The number of nitrogens with zero attached hydrogens (tertiary/aromatic N) is 1. The number of nitrogens with one attached hydrogen (secondary N) is 2. The minimum Gasteiger partial charge on any atom is -0.326 e. The minimum absolute atomic E-state index is 0.133. The summed E-state index contributed by atoms with van der Waals surface area (Å²) in [4.78, 5) is 50.8. The van der Waals surface area contributed by atoms with Crippen LogP contribution in [-0.4, -0.2) is 35.1 Å². The Morgan fingerprint density at radius 2 is 1.67 bits per heavy atom. The molecule has 7 nitrogen and oxygen atoms in total. The smallest absolute Gasteiger partial charge is 0.325 e. The lowest BCUT2D eigenvalue weighted by atomic mass is 9.87. The Morgan fingerprint density at radius 1 is 1.03 bits per heavy atom. The van der Waals surface area contributed by atoms with Gasteiger partial charge in [-0.25, -0.2) is 4.79 Å². The summed E-state index contributed by atoms with van der Waals surface area (Å²) in [5.74, 6) is -0.987. The van der Waals surface area contributed by atoms with Gasteiger partial charge in [-0.1, -0.05) is 37.6 Å². The third-order valence-electron chi connectivity index (χ3n) is 5.16. The molecule has 4 amide bonds. The summed E-state index contributed by atoms with van der Waals surface area (Å²) in [6, 6.07) is 12.4. The molecule has 1 unspecified atom stereocenters. The second kappa shape index (κ2) is 8.67. The van der Waals surface area contributed by atoms with Crippen molar-refractivity contribution in [2.75, 3.05) is 11.9 Å². The summed E-state index contributed by atoms with van der Waals surface area (Å²) in [5.41, 5.74) is 0.293. The number of ketones is 1. The number of hydrogen-bond donors (Lipinski definition) is 2. The highest BCUT2D eigenvalue weighted by molar-refractivity contribution is 6.30. The van der Waals surface area contributed by atoms with Gasteiger partial charge in [-0.05, 0) is 48.4 Å². The molecule has 8 heteroatoms. The first-order valence-corrected chi connectivity index (χ1v) is 10.0. The number of benzene rings is 2. The van der Waals surface area contributed by atoms with E-state index in [4.69, 9.17) is 11.6 Å². The molecule has 1 saturated heterocycles. The van der Waals surface area contributed by atoms with E-state index in [1.165, 1.54) is 0 Å². The Balaban J connectivity index is 1.77. The van der Waals surface area contributed by atoms with Gasteiger partial charge in [0.2, 0.25) is 5.91 Å². The Bertz CT molecular complexity index is 988. The number of hydrogen-bond acceptors (Lipinski definition) is 4. The Morgan fingerprint density at radius 3 is 2.23 bits per heavy atom. The van der Waals surface area contributed by atoms with E-state index in [0.717, 1.165) is 4.90 Å². The van der Waals surface area contributed by atoms with Crippen molar-refractivity contribution < 1.29 is 19.2 Å². The number of rotatable bonds is 7. The summed E-state index contributed by atoms with van der Waals surface area (Å²) >= 11 is 5.93. The fraction of sp³-hybridized carbons (Fsp3) is 0.273. The number of anilines is 1. The normalized spacial score (nSPS) is 18.3. The van der Waals surface area contributed by atoms with Crippen molar-refractivity contribution >= 4 is 40.9 Å². The lowest BCUT2D eigenvalue weighted by Crippen LogP contribution is -2.43. The molecule has 0 aromatic heterocycles. The van der Waals surface area contributed by atoms with Crippen molar-refractivity contribution in [3.05, 3.63) is 64.7 Å². The molecule has 1 atom stereocenters. The van der Waals surface area contributed by atoms with Gasteiger partial charge < -0.3 is 10.6 Å². The van der Waals surface area contributed by atoms with E-state index in [0.29, 0.717) is 34.7 Å². The maximum Gasteiger partial charge on any atom is 0.325 e. The van der Waals surface area contributed by atoms with Gasteiger partial charge in [0.05, 0.1) is 6.54 Å². The average molecular weight is 428 g/mol. The maximum absolute atomic E-state index is 13.1. The summed E-state index contributed by atoms with van der Waals surface area (Å²) in [5, 5.41) is 5.96. The van der Waals surface area contributed by atoms with Crippen molar-refractivity contribution in [1.29, 1.82) is 0 Å². The number of amides is 4. The molecule has 0 saturated carbocycles. The quantitative estimate of drug-likeness (QED) is 0.520. The number of carbonyl (C=O) groups is 4. The van der Waals surface area contributed by atoms with Gasteiger partial charge in [0.25, 0.3) is 5.91 Å². The number of urea groups is 1. The molecule has 156 valence electrons. The number of imide groups is 1. The third kappa shape index (κ3) is 4.07.